The van der Waals surface area contributed by atoms with Crippen molar-refractivity contribution in [3.05, 3.63) is 65.0 Å². The lowest BCUT2D eigenvalue weighted by molar-refractivity contribution is 0.498. The molecule has 0 radical (unpaired) electrons. The van der Waals surface area contributed by atoms with Crippen molar-refractivity contribution in [3.8, 4) is 0 Å². The summed E-state index contributed by atoms with van der Waals surface area (Å²) in [7, 11) is 0. The van der Waals surface area contributed by atoms with Gasteiger partial charge in [-0.25, -0.2) is 8.78 Å². The van der Waals surface area contributed by atoms with Crippen molar-refractivity contribution in [2.24, 2.45) is 0 Å². The number of aromatic nitrogens is 1. The van der Waals surface area contributed by atoms with Gasteiger partial charge in [0, 0.05) is 24.0 Å². The third kappa shape index (κ3) is 3.20. The predicted octanol–water partition coefficient (Wildman–Crippen LogP) is 3.56. The molecule has 0 saturated carbocycles. The zero-order valence-electron chi connectivity index (χ0n) is 11.7. The number of pyridine rings is 1. The molecule has 0 aliphatic carbocycles. The minimum Gasteiger partial charge on any atom is -0.310 e. The molecule has 0 aliphatic heterocycles. The summed E-state index contributed by atoms with van der Waals surface area (Å²) in [5.41, 5.74) is 2.15. The molecule has 1 unspecified atom stereocenters. The molecular weight excluding hydrogens is 258 g/mol. The van der Waals surface area contributed by atoms with Gasteiger partial charge in [0.2, 0.25) is 0 Å². The minimum atomic E-state index is -0.500. The summed E-state index contributed by atoms with van der Waals surface area (Å²) in [6.07, 6.45) is 3.74. The maximum Gasteiger partial charge on any atom is 0.129 e. The number of hydrogen-bond acceptors (Lipinski definition) is 2. The number of aryl methyl sites for hydroxylation is 1. The van der Waals surface area contributed by atoms with Crippen LogP contribution in [0.25, 0.3) is 0 Å². The van der Waals surface area contributed by atoms with Crippen LogP contribution in [0.15, 0.2) is 36.7 Å². The average Bonchev–Trinajstić information content (AvgIpc) is 2.43. The third-order valence-electron chi connectivity index (χ3n) is 3.36. The summed E-state index contributed by atoms with van der Waals surface area (Å²) in [4.78, 5) is 4.05. The highest BCUT2D eigenvalue weighted by atomic mass is 19.1. The topological polar surface area (TPSA) is 24.9 Å². The molecule has 2 aromatic rings. The van der Waals surface area contributed by atoms with Gasteiger partial charge in [-0.3, -0.25) is 4.98 Å². The van der Waals surface area contributed by atoms with E-state index in [9.17, 15) is 8.78 Å². The van der Waals surface area contributed by atoms with Gasteiger partial charge in [0.25, 0.3) is 0 Å². The average molecular weight is 276 g/mol. The largest absolute Gasteiger partial charge is 0.310 e. The van der Waals surface area contributed by atoms with Crippen LogP contribution in [0.5, 0.6) is 0 Å². The zero-order chi connectivity index (χ0) is 14.5. The maximum atomic E-state index is 13.8. The lowest BCUT2D eigenvalue weighted by Crippen LogP contribution is -2.24. The van der Waals surface area contributed by atoms with E-state index in [4.69, 9.17) is 0 Å². The Morgan fingerprint density at radius 1 is 1.20 bits per heavy atom. The van der Waals surface area contributed by atoms with Gasteiger partial charge in [-0.15, -0.1) is 0 Å². The first kappa shape index (κ1) is 14.6. The second-order valence-corrected chi connectivity index (χ2v) is 4.75. The van der Waals surface area contributed by atoms with Crippen molar-refractivity contribution in [1.82, 2.24) is 10.3 Å². The van der Waals surface area contributed by atoms with Crippen LogP contribution >= 0.6 is 0 Å². The van der Waals surface area contributed by atoms with E-state index in [0.29, 0.717) is 0 Å². The summed E-state index contributed by atoms with van der Waals surface area (Å²) in [6.45, 7) is 4.65. The lowest BCUT2D eigenvalue weighted by Gasteiger charge is -2.20. The molecule has 2 rings (SSSR count). The smallest absolute Gasteiger partial charge is 0.129 e. The fourth-order valence-electron chi connectivity index (χ4n) is 2.35. The van der Waals surface area contributed by atoms with Gasteiger partial charge in [0.15, 0.2) is 0 Å². The number of halogens is 2. The minimum absolute atomic E-state index is 0.120. The molecule has 1 heterocycles. The molecule has 0 spiro atoms. The van der Waals surface area contributed by atoms with Crippen molar-refractivity contribution in [2.75, 3.05) is 6.54 Å². The first-order chi connectivity index (χ1) is 9.63. The molecule has 0 fully saturated rings. The highest BCUT2D eigenvalue weighted by molar-refractivity contribution is 5.29. The Morgan fingerprint density at radius 3 is 2.50 bits per heavy atom. The summed E-state index contributed by atoms with van der Waals surface area (Å²) >= 11 is 0. The molecule has 1 aromatic carbocycles. The molecule has 4 heteroatoms. The summed E-state index contributed by atoms with van der Waals surface area (Å²) in [5.74, 6) is -1.00. The first-order valence-corrected chi connectivity index (χ1v) is 6.70. The van der Waals surface area contributed by atoms with Gasteiger partial charge < -0.3 is 5.32 Å². The van der Waals surface area contributed by atoms with E-state index in [1.165, 1.54) is 18.2 Å². The third-order valence-corrected chi connectivity index (χ3v) is 3.36. The van der Waals surface area contributed by atoms with E-state index >= 15 is 0 Å². The number of rotatable bonds is 5. The fraction of sp³-hybridized carbons (Fsp3) is 0.312. The Kier molecular flexibility index (Phi) is 4.79. The quantitative estimate of drug-likeness (QED) is 0.903. The van der Waals surface area contributed by atoms with Crippen molar-refractivity contribution in [3.63, 3.8) is 0 Å². The van der Waals surface area contributed by atoms with Crippen LogP contribution in [0.1, 0.15) is 29.7 Å². The number of likely N-dealkylation sites (N-methyl/N-ethyl adjacent to an activating group) is 1. The summed E-state index contributed by atoms with van der Waals surface area (Å²) < 4.78 is 27.6. The summed E-state index contributed by atoms with van der Waals surface area (Å²) in [5, 5.41) is 3.28. The highest BCUT2D eigenvalue weighted by Gasteiger charge is 2.18. The molecule has 0 saturated heterocycles. The molecule has 0 amide bonds. The standard InChI is InChI=1S/C16H18F2N2/c1-3-20-16(12-7-8-19-10-11(12)2)9-13-14(17)5-4-6-15(13)18/h4-8,10,16,20H,3,9H2,1-2H3. The Balaban J connectivity index is 2.33. The van der Waals surface area contributed by atoms with Crippen LogP contribution in [0.2, 0.25) is 0 Å². The van der Waals surface area contributed by atoms with E-state index in [0.717, 1.165) is 17.7 Å². The van der Waals surface area contributed by atoms with Crippen molar-refractivity contribution in [2.45, 2.75) is 26.3 Å². The van der Waals surface area contributed by atoms with Gasteiger partial charge in [-0.2, -0.15) is 0 Å². The SMILES string of the molecule is CCNC(Cc1c(F)cccc1F)c1ccncc1C. The van der Waals surface area contributed by atoms with Crippen LogP contribution in [0.4, 0.5) is 8.78 Å². The molecular formula is C16H18F2N2. The molecule has 1 N–H and O–H groups in total. The van der Waals surface area contributed by atoms with Crippen LogP contribution in [-0.4, -0.2) is 11.5 Å². The molecule has 0 aliphatic rings. The van der Waals surface area contributed by atoms with Crippen LogP contribution in [0, 0.1) is 18.6 Å². The van der Waals surface area contributed by atoms with Crippen LogP contribution in [-0.2, 0) is 6.42 Å². The molecule has 20 heavy (non-hydrogen) atoms. The van der Waals surface area contributed by atoms with Gasteiger partial charge in [0.1, 0.15) is 11.6 Å². The van der Waals surface area contributed by atoms with Gasteiger partial charge in [0.05, 0.1) is 0 Å². The fourth-order valence-corrected chi connectivity index (χ4v) is 2.35. The van der Waals surface area contributed by atoms with Crippen molar-refractivity contribution >= 4 is 0 Å². The Morgan fingerprint density at radius 2 is 1.90 bits per heavy atom. The normalized spacial score (nSPS) is 12.4. The van der Waals surface area contributed by atoms with E-state index in [2.05, 4.69) is 10.3 Å². The Bertz CT molecular complexity index is 564. The van der Waals surface area contributed by atoms with E-state index in [-0.39, 0.29) is 18.0 Å². The first-order valence-electron chi connectivity index (χ1n) is 6.70. The molecule has 1 aromatic heterocycles. The lowest BCUT2D eigenvalue weighted by atomic mass is 9.96. The molecule has 1 atom stereocenters. The van der Waals surface area contributed by atoms with Crippen LogP contribution in [0.3, 0.4) is 0 Å². The Hall–Kier alpha value is -1.81. The highest BCUT2D eigenvalue weighted by Crippen LogP contribution is 2.24. The van der Waals surface area contributed by atoms with Crippen molar-refractivity contribution in [1.29, 1.82) is 0 Å². The van der Waals surface area contributed by atoms with Gasteiger partial charge >= 0.3 is 0 Å². The second-order valence-electron chi connectivity index (χ2n) is 4.75. The van der Waals surface area contributed by atoms with Gasteiger partial charge in [-0.1, -0.05) is 13.0 Å². The van der Waals surface area contributed by atoms with E-state index in [1.807, 2.05) is 19.9 Å². The molecule has 2 nitrogen and oxygen atoms in total. The second kappa shape index (κ2) is 6.57. The number of nitrogens with zero attached hydrogens (tertiary/aromatic N) is 1. The van der Waals surface area contributed by atoms with E-state index < -0.39 is 11.6 Å². The summed E-state index contributed by atoms with van der Waals surface area (Å²) in [6, 6.07) is 5.73. The number of nitrogens with one attached hydrogen (secondary N) is 1. The van der Waals surface area contributed by atoms with E-state index in [1.54, 1.807) is 12.4 Å². The number of hydrogen-bond donors (Lipinski definition) is 1. The van der Waals surface area contributed by atoms with Gasteiger partial charge in [-0.05, 0) is 49.2 Å². The van der Waals surface area contributed by atoms with Crippen molar-refractivity contribution < 1.29 is 8.78 Å². The molecule has 106 valence electrons. The zero-order valence-corrected chi connectivity index (χ0v) is 11.7. The number of benzene rings is 1. The monoisotopic (exact) mass is 276 g/mol. The maximum absolute atomic E-state index is 13.8. The molecule has 0 bridgehead atoms. The predicted molar refractivity (Wildman–Crippen MR) is 75.5 cm³/mol. The Labute approximate surface area is 117 Å². The van der Waals surface area contributed by atoms with Crippen LogP contribution < -0.4 is 5.32 Å².